The second-order valence-corrected chi connectivity index (χ2v) is 7.57. The lowest BCUT2D eigenvalue weighted by Gasteiger charge is -2.16. The molecule has 1 fully saturated rings. The van der Waals surface area contributed by atoms with Gasteiger partial charge in [-0.05, 0) is 41.8 Å². The Morgan fingerprint density at radius 1 is 1.19 bits per heavy atom. The number of carbonyl (C=O) groups excluding carboxylic acids is 1. The van der Waals surface area contributed by atoms with Crippen LogP contribution in [-0.2, 0) is 11.3 Å². The van der Waals surface area contributed by atoms with E-state index in [0.29, 0.717) is 16.7 Å². The number of ether oxygens (including phenoxy) is 1. The van der Waals surface area contributed by atoms with Gasteiger partial charge in [-0.25, -0.2) is 0 Å². The van der Waals surface area contributed by atoms with E-state index in [1.54, 1.807) is 30.4 Å². The number of benzene rings is 2. The van der Waals surface area contributed by atoms with E-state index in [-0.39, 0.29) is 11.2 Å². The molecule has 1 amide bonds. The first-order chi connectivity index (χ1) is 13.1. The van der Waals surface area contributed by atoms with E-state index in [4.69, 9.17) is 16.3 Å². The molecule has 0 aliphatic carbocycles. The van der Waals surface area contributed by atoms with Crippen molar-refractivity contribution in [3.63, 3.8) is 0 Å². The number of carbonyl (C=O) groups is 1. The highest BCUT2D eigenvalue weighted by molar-refractivity contribution is 8.15. The summed E-state index contributed by atoms with van der Waals surface area (Å²) in [5, 5.41) is 9.63. The number of hydrogen-bond donors (Lipinski definition) is 0. The predicted molar refractivity (Wildman–Crippen MR) is 112 cm³/mol. The van der Waals surface area contributed by atoms with Crippen LogP contribution in [0.3, 0.4) is 0 Å². The highest BCUT2D eigenvalue weighted by Crippen LogP contribution is 2.31. The zero-order valence-corrected chi connectivity index (χ0v) is 16.7. The maximum absolute atomic E-state index is 12.7. The summed E-state index contributed by atoms with van der Waals surface area (Å²) in [4.78, 5) is 14.4. The van der Waals surface area contributed by atoms with E-state index in [9.17, 15) is 4.79 Å². The maximum atomic E-state index is 12.7. The summed E-state index contributed by atoms with van der Waals surface area (Å²) in [6.45, 7) is 2.46. The van der Waals surface area contributed by atoms with Crippen LogP contribution in [-0.4, -0.2) is 34.5 Å². The second kappa shape index (κ2) is 9.06. The minimum absolute atomic E-state index is 0.0683. The summed E-state index contributed by atoms with van der Waals surface area (Å²) in [7, 11) is 1.63. The molecule has 5 nitrogen and oxygen atoms in total. The van der Waals surface area contributed by atoms with E-state index in [0.717, 1.165) is 23.3 Å². The average molecular weight is 402 g/mol. The maximum Gasteiger partial charge on any atom is 0.242 e. The molecule has 0 bridgehead atoms. The standard InChI is InChI=1S/C20H20ClN3O2S/c1-3-18-19(25)24(13-15-6-10-17(26-2)11-7-15)20(27-18)23-22-12-14-4-8-16(21)9-5-14/h4-12,18H,3,13H2,1-2H3/b22-12+,23-20-. The van der Waals surface area contributed by atoms with Gasteiger partial charge in [0, 0.05) is 5.02 Å². The van der Waals surface area contributed by atoms with E-state index < -0.39 is 0 Å². The van der Waals surface area contributed by atoms with Crippen molar-refractivity contribution in [3.8, 4) is 5.75 Å². The first-order valence-electron chi connectivity index (χ1n) is 8.58. The van der Waals surface area contributed by atoms with Gasteiger partial charge in [0.2, 0.25) is 5.91 Å². The van der Waals surface area contributed by atoms with Gasteiger partial charge in [-0.1, -0.05) is 54.6 Å². The van der Waals surface area contributed by atoms with Crippen molar-refractivity contribution in [1.82, 2.24) is 4.90 Å². The molecule has 1 heterocycles. The lowest BCUT2D eigenvalue weighted by Crippen LogP contribution is -2.31. The summed E-state index contributed by atoms with van der Waals surface area (Å²) >= 11 is 7.34. The van der Waals surface area contributed by atoms with Gasteiger partial charge in [0.15, 0.2) is 5.17 Å². The van der Waals surface area contributed by atoms with Crippen molar-refractivity contribution in [2.24, 2.45) is 10.2 Å². The van der Waals surface area contributed by atoms with Crippen molar-refractivity contribution in [3.05, 3.63) is 64.7 Å². The summed E-state index contributed by atoms with van der Waals surface area (Å²) in [6, 6.07) is 15.0. The van der Waals surface area contributed by atoms with Crippen LogP contribution >= 0.6 is 23.4 Å². The van der Waals surface area contributed by atoms with Crippen molar-refractivity contribution >= 4 is 40.7 Å². The molecule has 1 saturated heterocycles. The number of halogens is 1. The normalized spacial score (nSPS) is 18.6. The Kier molecular flexibility index (Phi) is 6.53. The molecule has 0 N–H and O–H groups in total. The Bertz CT molecular complexity index is 851. The van der Waals surface area contributed by atoms with Gasteiger partial charge in [-0.15, -0.1) is 5.10 Å². The van der Waals surface area contributed by atoms with Gasteiger partial charge in [-0.2, -0.15) is 5.10 Å². The molecule has 140 valence electrons. The topological polar surface area (TPSA) is 54.3 Å². The molecule has 2 aromatic carbocycles. The molecular weight excluding hydrogens is 382 g/mol. The molecule has 1 atom stereocenters. The molecule has 7 heteroatoms. The van der Waals surface area contributed by atoms with E-state index >= 15 is 0 Å². The van der Waals surface area contributed by atoms with Crippen LogP contribution in [0.4, 0.5) is 0 Å². The predicted octanol–water partition coefficient (Wildman–Crippen LogP) is 4.59. The van der Waals surface area contributed by atoms with Crippen LogP contribution in [0.5, 0.6) is 5.75 Å². The number of rotatable bonds is 6. The Hall–Kier alpha value is -2.31. The number of thioether (sulfide) groups is 1. The van der Waals surface area contributed by atoms with Crippen molar-refractivity contribution in [2.75, 3.05) is 7.11 Å². The molecule has 27 heavy (non-hydrogen) atoms. The summed E-state index contributed by atoms with van der Waals surface area (Å²) in [5.74, 6) is 0.854. The molecule has 3 rings (SSSR count). The quantitative estimate of drug-likeness (QED) is 0.525. The van der Waals surface area contributed by atoms with Crippen LogP contribution in [0.1, 0.15) is 24.5 Å². The summed E-state index contributed by atoms with van der Waals surface area (Å²) in [5.41, 5.74) is 1.91. The Labute approximate surface area is 168 Å². The van der Waals surface area contributed by atoms with Crippen LogP contribution < -0.4 is 4.74 Å². The van der Waals surface area contributed by atoms with E-state index in [1.807, 2.05) is 43.3 Å². The lowest BCUT2D eigenvalue weighted by atomic mass is 10.2. The summed E-state index contributed by atoms with van der Waals surface area (Å²) in [6.07, 6.45) is 2.40. The number of amides is 1. The fourth-order valence-electron chi connectivity index (χ4n) is 2.60. The Morgan fingerprint density at radius 3 is 2.52 bits per heavy atom. The largest absolute Gasteiger partial charge is 0.497 e. The first-order valence-corrected chi connectivity index (χ1v) is 9.84. The molecule has 1 aliphatic rings. The fourth-order valence-corrected chi connectivity index (χ4v) is 3.75. The zero-order chi connectivity index (χ0) is 19.2. The Balaban J connectivity index is 1.77. The first kappa shape index (κ1) is 19.5. The number of nitrogens with zero attached hydrogens (tertiary/aromatic N) is 3. The van der Waals surface area contributed by atoms with Gasteiger partial charge < -0.3 is 4.74 Å². The number of methoxy groups -OCH3 is 1. The second-order valence-electron chi connectivity index (χ2n) is 5.97. The minimum Gasteiger partial charge on any atom is -0.497 e. The smallest absolute Gasteiger partial charge is 0.242 e. The molecule has 1 aliphatic heterocycles. The minimum atomic E-state index is -0.118. The van der Waals surface area contributed by atoms with Gasteiger partial charge >= 0.3 is 0 Å². The highest BCUT2D eigenvalue weighted by atomic mass is 35.5. The number of amidine groups is 1. The van der Waals surface area contributed by atoms with Crippen LogP contribution in [0.25, 0.3) is 0 Å². The van der Waals surface area contributed by atoms with Crippen molar-refractivity contribution < 1.29 is 9.53 Å². The molecule has 0 saturated carbocycles. The third kappa shape index (κ3) is 4.90. The third-order valence-corrected chi connectivity index (χ3v) is 5.69. The fraction of sp³-hybridized carbons (Fsp3) is 0.250. The monoisotopic (exact) mass is 401 g/mol. The summed E-state index contributed by atoms with van der Waals surface area (Å²) < 4.78 is 5.18. The molecule has 1 unspecified atom stereocenters. The van der Waals surface area contributed by atoms with Gasteiger partial charge in [0.1, 0.15) is 5.75 Å². The molecule has 0 aromatic heterocycles. The van der Waals surface area contributed by atoms with Crippen molar-refractivity contribution in [1.29, 1.82) is 0 Å². The zero-order valence-electron chi connectivity index (χ0n) is 15.1. The van der Waals surface area contributed by atoms with Crippen LogP contribution in [0.15, 0.2) is 58.7 Å². The van der Waals surface area contributed by atoms with Gasteiger partial charge in [0.25, 0.3) is 0 Å². The number of hydrogen-bond acceptors (Lipinski definition) is 5. The molecule has 0 radical (unpaired) electrons. The van der Waals surface area contributed by atoms with Gasteiger partial charge in [0.05, 0.1) is 25.1 Å². The van der Waals surface area contributed by atoms with E-state index in [1.165, 1.54) is 11.8 Å². The molecular formula is C20H20ClN3O2S. The van der Waals surface area contributed by atoms with Crippen LogP contribution in [0.2, 0.25) is 5.02 Å². The van der Waals surface area contributed by atoms with Crippen molar-refractivity contribution in [2.45, 2.75) is 25.1 Å². The van der Waals surface area contributed by atoms with Gasteiger partial charge in [-0.3, -0.25) is 9.69 Å². The van der Waals surface area contributed by atoms with Crippen LogP contribution in [0, 0.1) is 0 Å². The highest BCUT2D eigenvalue weighted by Gasteiger charge is 2.36. The molecule has 2 aromatic rings. The average Bonchev–Trinajstić information content (AvgIpc) is 2.99. The third-order valence-electron chi connectivity index (χ3n) is 4.11. The lowest BCUT2D eigenvalue weighted by molar-refractivity contribution is -0.126. The van der Waals surface area contributed by atoms with E-state index in [2.05, 4.69) is 10.2 Å². The SMILES string of the molecule is CCC1S/C(=N\N=C\c2ccc(Cl)cc2)N(Cc2ccc(OC)cc2)C1=O. The Morgan fingerprint density at radius 2 is 1.89 bits per heavy atom. The molecule has 0 spiro atoms.